The van der Waals surface area contributed by atoms with Crippen molar-refractivity contribution >= 4 is 17.5 Å². The second-order valence-corrected chi connectivity index (χ2v) is 6.34. The lowest BCUT2D eigenvalue weighted by molar-refractivity contribution is -0.141. The van der Waals surface area contributed by atoms with Crippen molar-refractivity contribution in [3.05, 3.63) is 11.9 Å². The molecule has 0 bridgehead atoms. The van der Waals surface area contributed by atoms with Gasteiger partial charge in [0.15, 0.2) is 0 Å². The number of hydrogen-bond donors (Lipinski definition) is 0. The molecule has 2 fully saturated rings. The molecule has 0 aliphatic carbocycles. The van der Waals surface area contributed by atoms with E-state index in [0.717, 1.165) is 56.5 Å². The fourth-order valence-electron chi connectivity index (χ4n) is 3.06. The third-order valence-electron chi connectivity index (χ3n) is 4.39. The van der Waals surface area contributed by atoms with Gasteiger partial charge in [0.25, 0.3) is 5.91 Å². The summed E-state index contributed by atoms with van der Waals surface area (Å²) in [4.78, 5) is 27.5. The van der Waals surface area contributed by atoms with E-state index in [1.54, 1.807) is 0 Å². The van der Waals surface area contributed by atoms with Crippen LogP contribution in [0.5, 0.6) is 0 Å². The van der Waals surface area contributed by atoms with E-state index in [9.17, 15) is 4.79 Å². The summed E-state index contributed by atoms with van der Waals surface area (Å²) in [6, 6.07) is 2.00. The van der Waals surface area contributed by atoms with Crippen molar-refractivity contribution in [3.8, 4) is 0 Å². The van der Waals surface area contributed by atoms with Crippen molar-refractivity contribution in [2.45, 2.75) is 25.9 Å². The Morgan fingerprint density at radius 2 is 2.00 bits per heavy atom. The SMILES string of the molecule is Cc1nc(N(C)C)cc(N2CCN(C(=O)C3CCCO3)CC2)n1. The van der Waals surface area contributed by atoms with Crippen molar-refractivity contribution in [2.24, 2.45) is 0 Å². The summed E-state index contributed by atoms with van der Waals surface area (Å²) in [6.07, 6.45) is 1.63. The molecule has 1 amide bonds. The van der Waals surface area contributed by atoms with Crippen LogP contribution in [-0.2, 0) is 9.53 Å². The molecule has 7 nitrogen and oxygen atoms in total. The van der Waals surface area contributed by atoms with Gasteiger partial charge in [0, 0.05) is 52.9 Å². The Hall–Kier alpha value is -1.89. The normalized spacial score (nSPS) is 21.6. The molecule has 3 heterocycles. The van der Waals surface area contributed by atoms with Crippen molar-refractivity contribution in [2.75, 3.05) is 56.7 Å². The van der Waals surface area contributed by atoms with Gasteiger partial charge in [-0.15, -0.1) is 0 Å². The predicted molar refractivity (Wildman–Crippen MR) is 88.9 cm³/mol. The van der Waals surface area contributed by atoms with Crippen molar-refractivity contribution in [1.29, 1.82) is 0 Å². The van der Waals surface area contributed by atoms with Crippen LogP contribution < -0.4 is 9.80 Å². The van der Waals surface area contributed by atoms with E-state index >= 15 is 0 Å². The molecule has 1 atom stereocenters. The first-order chi connectivity index (χ1) is 11.0. The molecule has 7 heteroatoms. The maximum Gasteiger partial charge on any atom is 0.251 e. The summed E-state index contributed by atoms with van der Waals surface area (Å²) < 4.78 is 5.51. The number of piperazine rings is 1. The molecule has 0 N–H and O–H groups in total. The van der Waals surface area contributed by atoms with Gasteiger partial charge in [0.2, 0.25) is 0 Å². The number of rotatable bonds is 3. The molecule has 126 valence electrons. The van der Waals surface area contributed by atoms with Crippen LogP contribution in [0, 0.1) is 6.92 Å². The Kier molecular flexibility index (Phi) is 4.66. The molecule has 1 aromatic rings. The van der Waals surface area contributed by atoms with Gasteiger partial charge in [0.05, 0.1) is 0 Å². The van der Waals surface area contributed by atoms with Crippen molar-refractivity contribution in [1.82, 2.24) is 14.9 Å². The molecule has 2 aliphatic rings. The van der Waals surface area contributed by atoms with E-state index < -0.39 is 0 Å². The maximum absolute atomic E-state index is 12.4. The van der Waals surface area contributed by atoms with Crippen molar-refractivity contribution < 1.29 is 9.53 Å². The number of carbonyl (C=O) groups excluding carboxylic acids is 1. The van der Waals surface area contributed by atoms with Crippen molar-refractivity contribution in [3.63, 3.8) is 0 Å². The van der Waals surface area contributed by atoms with Crippen LogP contribution in [0.3, 0.4) is 0 Å². The first-order valence-electron chi connectivity index (χ1n) is 8.23. The largest absolute Gasteiger partial charge is 0.368 e. The van der Waals surface area contributed by atoms with Crippen LogP contribution in [0.25, 0.3) is 0 Å². The smallest absolute Gasteiger partial charge is 0.251 e. The minimum Gasteiger partial charge on any atom is -0.368 e. The minimum atomic E-state index is -0.219. The van der Waals surface area contributed by atoms with Gasteiger partial charge >= 0.3 is 0 Å². The average Bonchev–Trinajstić information content (AvgIpc) is 3.08. The van der Waals surface area contributed by atoms with E-state index in [2.05, 4.69) is 14.9 Å². The summed E-state index contributed by atoms with van der Waals surface area (Å²) in [5.74, 6) is 2.76. The number of ether oxygens (including phenoxy) is 1. The van der Waals surface area contributed by atoms with Gasteiger partial charge in [0.1, 0.15) is 23.6 Å². The molecule has 0 saturated carbocycles. The highest BCUT2D eigenvalue weighted by atomic mass is 16.5. The molecule has 2 saturated heterocycles. The Morgan fingerprint density at radius 3 is 2.61 bits per heavy atom. The summed E-state index contributed by atoms with van der Waals surface area (Å²) in [7, 11) is 3.95. The summed E-state index contributed by atoms with van der Waals surface area (Å²) in [5.41, 5.74) is 0. The number of nitrogens with zero attached hydrogens (tertiary/aromatic N) is 5. The van der Waals surface area contributed by atoms with Crippen LogP contribution in [0.2, 0.25) is 0 Å². The number of anilines is 2. The molecule has 3 rings (SSSR count). The predicted octanol–water partition coefficient (Wildman–Crippen LogP) is 0.679. The maximum atomic E-state index is 12.4. The van der Waals surface area contributed by atoms with Gasteiger partial charge in [-0.2, -0.15) is 0 Å². The topological polar surface area (TPSA) is 61.8 Å². The molecule has 2 aliphatic heterocycles. The first kappa shape index (κ1) is 16.0. The summed E-state index contributed by atoms with van der Waals surface area (Å²) in [6.45, 7) is 5.65. The lowest BCUT2D eigenvalue weighted by atomic mass is 10.2. The Bertz CT molecular complexity index is 564. The third-order valence-corrected chi connectivity index (χ3v) is 4.39. The molecule has 1 unspecified atom stereocenters. The van der Waals surface area contributed by atoms with Gasteiger partial charge in [-0.1, -0.05) is 0 Å². The zero-order chi connectivity index (χ0) is 16.4. The Balaban J connectivity index is 1.63. The monoisotopic (exact) mass is 319 g/mol. The van der Waals surface area contributed by atoms with Crippen LogP contribution in [0.4, 0.5) is 11.6 Å². The molecule has 0 aromatic carbocycles. The lowest BCUT2D eigenvalue weighted by Gasteiger charge is -2.36. The quantitative estimate of drug-likeness (QED) is 0.816. The zero-order valence-electron chi connectivity index (χ0n) is 14.2. The Morgan fingerprint density at radius 1 is 1.26 bits per heavy atom. The molecular weight excluding hydrogens is 294 g/mol. The van der Waals surface area contributed by atoms with Gasteiger partial charge in [-0.05, 0) is 19.8 Å². The lowest BCUT2D eigenvalue weighted by Crippen LogP contribution is -2.51. The second kappa shape index (κ2) is 6.70. The second-order valence-electron chi connectivity index (χ2n) is 6.34. The van der Waals surface area contributed by atoms with Crippen LogP contribution in [0.15, 0.2) is 6.07 Å². The van der Waals surface area contributed by atoms with E-state index in [-0.39, 0.29) is 12.0 Å². The van der Waals surface area contributed by atoms with Crippen LogP contribution in [0.1, 0.15) is 18.7 Å². The first-order valence-corrected chi connectivity index (χ1v) is 8.23. The highest BCUT2D eigenvalue weighted by Crippen LogP contribution is 2.21. The number of amides is 1. The summed E-state index contributed by atoms with van der Waals surface area (Å²) >= 11 is 0. The fourth-order valence-corrected chi connectivity index (χ4v) is 3.06. The van der Waals surface area contributed by atoms with Crippen LogP contribution in [-0.4, -0.2) is 73.8 Å². The molecule has 23 heavy (non-hydrogen) atoms. The van der Waals surface area contributed by atoms with E-state index in [1.165, 1.54) is 0 Å². The van der Waals surface area contributed by atoms with Crippen LogP contribution >= 0.6 is 0 Å². The standard InChI is InChI=1S/C16H25N5O2/c1-12-17-14(19(2)3)11-15(18-12)20-6-8-21(9-7-20)16(22)13-5-4-10-23-13/h11,13H,4-10H2,1-3H3. The molecule has 0 spiro atoms. The average molecular weight is 319 g/mol. The van der Waals surface area contributed by atoms with E-state index in [0.29, 0.717) is 6.61 Å². The minimum absolute atomic E-state index is 0.148. The summed E-state index contributed by atoms with van der Waals surface area (Å²) in [5, 5.41) is 0. The van der Waals surface area contributed by atoms with Gasteiger partial charge < -0.3 is 19.4 Å². The molecular formula is C16H25N5O2. The zero-order valence-corrected chi connectivity index (χ0v) is 14.2. The van der Waals surface area contributed by atoms with Gasteiger partial charge in [-0.25, -0.2) is 9.97 Å². The number of aromatic nitrogens is 2. The van der Waals surface area contributed by atoms with E-state index in [1.807, 2.05) is 36.9 Å². The van der Waals surface area contributed by atoms with E-state index in [4.69, 9.17) is 4.74 Å². The highest BCUT2D eigenvalue weighted by molar-refractivity contribution is 5.81. The highest BCUT2D eigenvalue weighted by Gasteiger charge is 2.30. The number of carbonyl (C=O) groups is 1. The van der Waals surface area contributed by atoms with Gasteiger partial charge in [-0.3, -0.25) is 4.79 Å². The number of aryl methyl sites for hydroxylation is 1. The number of hydrogen-bond acceptors (Lipinski definition) is 6. The molecule has 1 aromatic heterocycles. The molecule has 0 radical (unpaired) electrons. The Labute approximate surface area is 137 Å². The third kappa shape index (κ3) is 3.55. The fraction of sp³-hybridized carbons (Fsp3) is 0.688.